The summed E-state index contributed by atoms with van der Waals surface area (Å²) in [5.74, 6) is 0.247. The average molecular weight is 263 g/mol. The van der Waals surface area contributed by atoms with Gasteiger partial charge in [0.2, 0.25) is 0 Å². The van der Waals surface area contributed by atoms with Crippen molar-refractivity contribution in [1.82, 2.24) is 4.98 Å². The molecule has 3 aromatic rings. The standard InChI is InChI=1S/C16H13N3O/c17-14-10-12-6-2-1-5-11(12)9-13(14)16(20)19-15-7-3-4-8-18-15/h1-10H,17H2,(H,18,19,20). The Morgan fingerprint density at radius 2 is 1.70 bits per heavy atom. The number of carbonyl (C=O) groups excluding carboxylic acids is 1. The lowest BCUT2D eigenvalue weighted by Gasteiger charge is -2.08. The van der Waals surface area contributed by atoms with Crippen molar-refractivity contribution in [1.29, 1.82) is 0 Å². The number of nitrogens with two attached hydrogens (primary N) is 1. The van der Waals surface area contributed by atoms with Gasteiger partial charge in [0, 0.05) is 11.9 Å². The average Bonchev–Trinajstić information content (AvgIpc) is 2.47. The van der Waals surface area contributed by atoms with Crippen LogP contribution in [0, 0.1) is 0 Å². The molecule has 0 aliphatic rings. The minimum atomic E-state index is -0.257. The van der Waals surface area contributed by atoms with Crippen LogP contribution < -0.4 is 11.1 Å². The quantitative estimate of drug-likeness (QED) is 0.698. The first-order chi connectivity index (χ1) is 9.74. The van der Waals surface area contributed by atoms with Crippen LogP contribution in [0.3, 0.4) is 0 Å². The summed E-state index contributed by atoms with van der Waals surface area (Å²) < 4.78 is 0. The van der Waals surface area contributed by atoms with Gasteiger partial charge in [-0.2, -0.15) is 0 Å². The van der Waals surface area contributed by atoms with Gasteiger partial charge in [0.1, 0.15) is 5.82 Å². The van der Waals surface area contributed by atoms with E-state index in [1.54, 1.807) is 24.4 Å². The van der Waals surface area contributed by atoms with E-state index in [-0.39, 0.29) is 5.91 Å². The smallest absolute Gasteiger partial charge is 0.258 e. The molecule has 1 heterocycles. The monoisotopic (exact) mass is 263 g/mol. The van der Waals surface area contributed by atoms with Crippen LogP contribution in [0.25, 0.3) is 10.8 Å². The number of fused-ring (bicyclic) bond motifs is 1. The highest BCUT2D eigenvalue weighted by atomic mass is 16.1. The first-order valence-corrected chi connectivity index (χ1v) is 6.25. The molecule has 0 aliphatic heterocycles. The number of hydrogen-bond acceptors (Lipinski definition) is 3. The van der Waals surface area contributed by atoms with Crippen LogP contribution in [0.15, 0.2) is 60.8 Å². The summed E-state index contributed by atoms with van der Waals surface area (Å²) in [5.41, 5.74) is 6.87. The maximum absolute atomic E-state index is 12.2. The number of nitrogens with zero attached hydrogens (tertiary/aromatic N) is 1. The number of nitrogen functional groups attached to an aromatic ring is 1. The summed E-state index contributed by atoms with van der Waals surface area (Å²) in [6.07, 6.45) is 1.62. The maximum atomic E-state index is 12.2. The van der Waals surface area contributed by atoms with Crippen molar-refractivity contribution >= 4 is 28.2 Å². The van der Waals surface area contributed by atoms with Crippen LogP contribution in [0.4, 0.5) is 11.5 Å². The van der Waals surface area contributed by atoms with Gasteiger partial charge in [0.25, 0.3) is 5.91 Å². The Labute approximate surface area is 116 Å². The molecule has 0 saturated carbocycles. The Hall–Kier alpha value is -2.88. The Morgan fingerprint density at radius 1 is 1.00 bits per heavy atom. The van der Waals surface area contributed by atoms with Gasteiger partial charge < -0.3 is 11.1 Å². The zero-order valence-corrected chi connectivity index (χ0v) is 10.7. The van der Waals surface area contributed by atoms with Crippen molar-refractivity contribution in [2.24, 2.45) is 0 Å². The van der Waals surface area contributed by atoms with Crippen molar-refractivity contribution in [3.05, 3.63) is 66.4 Å². The summed E-state index contributed by atoms with van der Waals surface area (Å²) in [6, 6.07) is 16.7. The molecule has 0 fully saturated rings. The van der Waals surface area contributed by atoms with Crippen molar-refractivity contribution in [3.8, 4) is 0 Å². The summed E-state index contributed by atoms with van der Waals surface area (Å²) in [4.78, 5) is 16.3. The SMILES string of the molecule is Nc1cc2ccccc2cc1C(=O)Nc1ccccn1. The van der Waals surface area contributed by atoms with Gasteiger partial charge in [-0.1, -0.05) is 30.3 Å². The molecular formula is C16H13N3O. The third kappa shape index (κ3) is 2.31. The van der Waals surface area contributed by atoms with Gasteiger partial charge in [-0.25, -0.2) is 4.98 Å². The van der Waals surface area contributed by atoms with E-state index < -0.39 is 0 Å². The van der Waals surface area contributed by atoms with Crippen LogP contribution in [-0.4, -0.2) is 10.9 Å². The zero-order chi connectivity index (χ0) is 13.9. The Bertz CT molecular complexity index is 769. The van der Waals surface area contributed by atoms with Crippen LogP contribution in [0.1, 0.15) is 10.4 Å². The van der Waals surface area contributed by atoms with E-state index in [4.69, 9.17) is 5.73 Å². The van der Waals surface area contributed by atoms with E-state index >= 15 is 0 Å². The maximum Gasteiger partial charge on any atom is 0.258 e. The first kappa shape index (κ1) is 12.2. The van der Waals surface area contributed by atoms with E-state index in [0.717, 1.165) is 10.8 Å². The number of pyridine rings is 1. The molecule has 3 N–H and O–H groups in total. The van der Waals surface area contributed by atoms with Gasteiger partial charge in [0.05, 0.1) is 5.56 Å². The summed E-state index contributed by atoms with van der Waals surface area (Å²) in [7, 11) is 0. The Kier molecular flexibility index (Phi) is 3.05. The van der Waals surface area contributed by atoms with Crippen LogP contribution in [0.5, 0.6) is 0 Å². The van der Waals surface area contributed by atoms with E-state index in [1.165, 1.54) is 0 Å². The van der Waals surface area contributed by atoms with Gasteiger partial charge in [0.15, 0.2) is 0 Å². The van der Waals surface area contributed by atoms with Gasteiger partial charge in [-0.05, 0) is 35.0 Å². The second-order valence-corrected chi connectivity index (χ2v) is 4.46. The third-order valence-electron chi connectivity index (χ3n) is 3.07. The normalized spacial score (nSPS) is 10.4. The van der Waals surface area contributed by atoms with Crippen molar-refractivity contribution in [2.45, 2.75) is 0 Å². The number of benzene rings is 2. The minimum absolute atomic E-state index is 0.257. The molecule has 3 rings (SSSR count). The second kappa shape index (κ2) is 5.01. The van der Waals surface area contributed by atoms with E-state index in [1.807, 2.05) is 36.4 Å². The number of hydrogen-bond donors (Lipinski definition) is 2. The van der Waals surface area contributed by atoms with E-state index in [9.17, 15) is 4.79 Å². The largest absolute Gasteiger partial charge is 0.398 e. The zero-order valence-electron chi connectivity index (χ0n) is 10.7. The summed E-state index contributed by atoms with van der Waals surface area (Å²) in [5, 5.41) is 4.73. The Morgan fingerprint density at radius 3 is 2.40 bits per heavy atom. The lowest BCUT2D eigenvalue weighted by atomic mass is 10.0. The number of nitrogens with one attached hydrogen (secondary N) is 1. The highest BCUT2D eigenvalue weighted by molar-refractivity contribution is 6.10. The first-order valence-electron chi connectivity index (χ1n) is 6.25. The number of anilines is 2. The van der Waals surface area contributed by atoms with Crippen LogP contribution in [0.2, 0.25) is 0 Å². The molecule has 20 heavy (non-hydrogen) atoms. The molecule has 0 radical (unpaired) electrons. The minimum Gasteiger partial charge on any atom is -0.398 e. The van der Waals surface area contributed by atoms with Gasteiger partial charge >= 0.3 is 0 Å². The van der Waals surface area contributed by atoms with Crippen LogP contribution >= 0.6 is 0 Å². The van der Waals surface area contributed by atoms with E-state index in [2.05, 4.69) is 10.3 Å². The molecule has 0 atom stereocenters. The molecule has 4 nitrogen and oxygen atoms in total. The molecule has 98 valence electrons. The predicted molar refractivity (Wildman–Crippen MR) is 80.6 cm³/mol. The fourth-order valence-electron chi connectivity index (χ4n) is 2.07. The number of aromatic nitrogens is 1. The molecule has 4 heteroatoms. The predicted octanol–water partition coefficient (Wildman–Crippen LogP) is 3.07. The van der Waals surface area contributed by atoms with Crippen molar-refractivity contribution < 1.29 is 4.79 Å². The lowest BCUT2D eigenvalue weighted by Crippen LogP contribution is -2.14. The molecule has 0 saturated heterocycles. The van der Waals surface area contributed by atoms with Gasteiger partial charge in [-0.15, -0.1) is 0 Å². The van der Waals surface area contributed by atoms with Gasteiger partial charge in [-0.3, -0.25) is 4.79 Å². The summed E-state index contributed by atoms with van der Waals surface area (Å²) >= 11 is 0. The molecule has 1 amide bonds. The number of carbonyl (C=O) groups is 1. The molecule has 0 spiro atoms. The molecule has 1 aromatic heterocycles. The van der Waals surface area contributed by atoms with E-state index in [0.29, 0.717) is 17.1 Å². The molecule has 0 unspecified atom stereocenters. The summed E-state index contributed by atoms with van der Waals surface area (Å²) in [6.45, 7) is 0. The lowest BCUT2D eigenvalue weighted by molar-refractivity contribution is 0.102. The van der Waals surface area contributed by atoms with Crippen LogP contribution in [-0.2, 0) is 0 Å². The topological polar surface area (TPSA) is 68.0 Å². The second-order valence-electron chi connectivity index (χ2n) is 4.46. The van der Waals surface area contributed by atoms with Crippen molar-refractivity contribution in [3.63, 3.8) is 0 Å². The number of rotatable bonds is 2. The fourth-order valence-corrected chi connectivity index (χ4v) is 2.07. The third-order valence-corrected chi connectivity index (χ3v) is 3.07. The van der Waals surface area contributed by atoms with Crippen molar-refractivity contribution in [2.75, 3.05) is 11.1 Å². The molecule has 0 aliphatic carbocycles. The molecule has 2 aromatic carbocycles. The highest BCUT2D eigenvalue weighted by Crippen LogP contribution is 2.22. The molecular weight excluding hydrogens is 250 g/mol. The number of amides is 1. The highest BCUT2D eigenvalue weighted by Gasteiger charge is 2.11. The fraction of sp³-hybridized carbons (Fsp3) is 0. The molecule has 0 bridgehead atoms. The Balaban J connectivity index is 1.97.